The van der Waals surface area contributed by atoms with Gasteiger partial charge in [0.2, 0.25) is 0 Å². The smallest absolute Gasteiger partial charge is 0.254 e. The molecule has 1 heterocycles. The van der Waals surface area contributed by atoms with Crippen LogP contribution in [0.1, 0.15) is 23.2 Å². The van der Waals surface area contributed by atoms with E-state index in [2.05, 4.69) is 0 Å². The van der Waals surface area contributed by atoms with E-state index in [0.717, 1.165) is 19.4 Å². The summed E-state index contributed by atoms with van der Waals surface area (Å²) in [6.07, 6.45) is 1.92. The van der Waals surface area contributed by atoms with Gasteiger partial charge in [0.05, 0.1) is 7.11 Å². The highest BCUT2D eigenvalue weighted by Crippen LogP contribution is 2.28. The molecule has 5 heteroatoms. The summed E-state index contributed by atoms with van der Waals surface area (Å²) in [6, 6.07) is 4.78. The minimum absolute atomic E-state index is 0.0232. The van der Waals surface area contributed by atoms with Crippen molar-refractivity contribution in [1.82, 2.24) is 4.90 Å². The Balaban J connectivity index is 2.21. The molecule has 1 aliphatic rings. The normalized spacial score (nSPS) is 19.0. The maximum Gasteiger partial charge on any atom is 0.254 e. The fraction of sp³-hybridized carbons (Fsp3) is 0.462. The predicted molar refractivity (Wildman–Crippen MR) is 69.4 cm³/mol. The van der Waals surface area contributed by atoms with Crippen LogP contribution in [0.3, 0.4) is 0 Å². The van der Waals surface area contributed by atoms with Crippen LogP contribution < -0.4 is 4.74 Å². The number of aromatic hydroxyl groups is 1. The molecule has 2 rings (SSSR count). The van der Waals surface area contributed by atoms with Crippen molar-refractivity contribution in [2.24, 2.45) is 0 Å². The van der Waals surface area contributed by atoms with Crippen LogP contribution in [-0.4, -0.2) is 41.5 Å². The van der Waals surface area contributed by atoms with Crippen LogP contribution in [0.25, 0.3) is 0 Å². The van der Waals surface area contributed by atoms with Gasteiger partial charge in [-0.25, -0.2) is 0 Å². The summed E-state index contributed by atoms with van der Waals surface area (Å²) in [5.41, 5.74) is 0.463. The first-order valence-electron chi connectivity index (χ1n) is 5.91. The molecule has 98 valence electrons. The number of carbonyl (C=O) groups excluding carboxylic acids is 1. The van der Waals surface area contributed by atoms with E-state index in [0.29, 0.717) is 17.2 Å². The zero-order valence-electron chi connectivity index (χ0n) is 10.2. The molecule has 1 amide bonds. The third-order valence-electron chi connectivity index (χ3n) is 3.24. The van der Waals surface area contributed by atoms with Crippen LogP contribution in [0.15, 0.2) is 18.2 Å². The number of alkyl halides is 1. The Kier molecular flexibility index (Phi) is 3.97. The summed E-state index contributed by atoms with van der Waals surface area (Å²) in [5.74, 6) is 0.705. The van der Waals surface area contributed by atoms with Crippen molar-refractivity contribution in [1.29, 1.82) is 0 Å². The van der Waals surface area contributed by atoms with Gasteiger partial charge in [0.15, 0.2) is 11.5 Å². The predicted octanol–water partition coefficient (Wildman–Crippen LogP) is 2.24. The number of amides is 1. The maximum atomic E-state index is 12.3. The van der Waals surface area contributed by atoms with Crippen molar-refractivity contribution in [3.05, 3.63) is 23.8 Å². The molecule has 0 radical (unpaired) electrons. The van der Waals surface area contributed by atoms with E-state index in [-0.39, 0.29) is 17.7 Å². The molecule has 1 aromatic carbocycles. The SMILES string of the molecule is COc1ccc(C(=O)N2CCCC2CCl)cc1O. The van der Waals surface area contributed by atoms with Crippen LogP contribution in [0, 0.1) is 0 Å². The van der Waals surface area contributed by atoms with Crippen molar-refractivity contribution in [2.75, 3.05) is 19.5 Å². The molecular weight excluding hydrogens is 254 g/mol. The minimum Gasteiger partial charge on any atom is -0.504 e. The highest BCUT2D eigenvalue weighted by molar-refractivity contribution is 6.18. The Bertz CT molecular complexity index is 450. The van der Waals surface area contributed by atoms with Gasteiger partial charge in [-0.3, -0.25) is 4.79 Å². The zero-order valence-corrected chi connectivity index (χ0v) is 11.0. The lowest BCUT2D eigenvalue weighted by Gasteiger charge is -2.23. The van der Waals surface area contributed by atoms with E-state index >= 15 is 0 Å². The van der Waals surface area contributed by atoms with E-state index < -0.39 is 0 Å². The molecular formula is C13H16ClNO3. The topological polar surface area (TPSA) is 49.8 Å². The number of rotatable bonds is 3. The van der Waals surface area contributed by atoms with E-state index in [1.54, 1.807) is 17.0 Å². The van der Waals surface area contributed by atoms with Gasteiger partial charge in [0.25, 0.3) is 5.91 Å². The summed E-state index contributed by atoms with van der Waals surface area (Å²) in [7, 11) is 1.47. The third kappa shape index (κ3) is 2.38. The second-order valence-corrected chi connectivity index (χ2v) is 4.64. The molecule has 0 saturated carbocycles. The largest absolute Gasteiger partial charge is 0.504 e. The van der Waals surface area contributed by atoms with Gasteiger partial charge in [-0.15, -0.1) is 11.6 Å². The van der Waals surface area contributed by atoms with Crippen molar-refractivity contribution in [3.63, 3.8) is 0 Å². The number of methoxy groups -OCH3 is 1. The Morgan fingerprint density at radius 2 is 2.39 bits per heavy atom. The maximum absolute atomic E-state index is 12.3. The van der Waals surface area contributed by atoms with Crippen molar-refractivity contribution < 1.29 is 14.6 Å². The van der Waals surface area contributed by atoms with Gasteiger partial charge in [0, 0.05) is 24.0 Å². The number of phenolic OH excluding ortho intramolecular Hbond substituents is 1. The Hall–Kier alpha value is -1.42. The van der Waals surface area contributed by atoms with Crippen LogP contribution in [0.2, 0.25) is 0 Å². The molecule has 1 saturated heterocycles. The number of carbonyl (C=O) groups is 1. The van der Waals surface area contributed by atoms with Crippen LogP contribution >= 0.6 is 11.6 Å². The van der Waals surface area contributed by atoms with E-state index in [4.69, 9.17) is 16.3 Å². The molecule has 1 aliphatic heterocycles. The first-order valence-corrected chi connectivity index (χ1v) is 6.44. The molecule has 1 aromatic rings. The van der Waals surface area contributed by atoms with Gasteiger partial charge in [0.1, 0.15) is 0 Å². The molecule has 1 atom stereocenters. The summed E-state index contributed by atoms with van der Waals surface area (Å²) < 4.78 is 4.95. The lowest BCUT2D eigenvalue weighted by molar-refractivity contribution is 0.0748. The van der Waals surface area contributed by atoms with E-state index in [1.807, 2.05) is 0 Å². The van der Waals surface area contributed by atoms with Crippen molar-refractivity contribution in [2.45, 2.75) is 18.9 Å². The Labute approximate surface area is 111 Å². The summed E-state index contributed by atoms with van der Waals surface area (Å²) >= 11 is 5.85. The summed E-state index contributed by atoms with van der Waals surface area (Å²) in [6.45, 7) is 0.725. The molecule has 0 spiro atoms. The van der Waals surface area contributed by atoms with Crippen LogP contribution in [0.4, 0.5) is 0 Å². The quantitative estimate of drug-likeness (QED) is 0.856. The number of hydrogen-bond donors (Lipinski definition) is 1. The molecule has 1 N–H and O–H groups in total. The summed E-state index contributed by atoms with van der Waals surface area (Å²) in [5, 5.41) is 9.68. The number of likely N-dealkylation sites (tertiary alicyclic amines) is 1. The first kappa shape index (κ1) is 13.0. The monoisotopic (exact) mass is 269 g/mol. The molecule has 0 bridgehead atoms. The average molecular weight is 270 g/mol. The molecule has 4 nitrogen and oxygen atoms in total. The van der Waals surface area contributed by atoms with E-state index in [9.17, 15) is 9.90 Å². The van der Waals surface area contributed by atoms with E-state index in [1.165, 1.54) is 13.2 Å². The van der Waals surface area contributed by atoms with Gasteiger partial charge < -0.3 is 14.7 Å². The zero-order chi connectivity index (χ0) is 13.1. The molecule has 0 aliphatic carbocycles. The number of nitrogens with zero attached hydrogens (tertiary/aromatic N) is 1. The van der Waals surface area contributed by atoms with Gasteiger partial charge in [-0.05, 0) is 31.0 Å². The van der Waals surface area contributed by atoms with Gasteiger partial charge in [-0.2, -0.15) is 0 Å². The standard InChI is InChI=1S/C13H16ClNO3/c1-18-12-5-4-9(7-11(12)16)13(17)15-6-2-3-10(15)8-14/h4-5,7,10,16H,2-3,6,8H2,1H3. The van der Waals surface area contributed by atoms with Crippen molar-refractivity contribution >= 4 is 17.5 Å². The fourth-order valence-corrected chi connectivity index (χ4v) is 2.57. The number of phenols is 1. The number of halogens is 1. The minimum atomic E-state index is -0.0869. The first-order chi connectivity index (χ1) is 8.67. The molecule has 18 heavy (non-hydrogen) atoms. The lowest BCUT2D eigenvalue weighted by Crippen LogP contribution is -2.36. The number of ether oxygens (including phenoxy) is 1. The highest BCUT2D eigenvalue weighted by atomic mass is 35.5. The highest BCUT2D eigenvalue weighted by Gasteiger charge is 2.28. The molecule has 1 fully saturated rings. The fourth-order valence-electron chi connectivity index (χ4n) is 2.25. The Morgan fingerprint density at radius 3 is 3.00 bits per heavy atom. The second kappa shape index (κ2) is 5.48. The number of hydrogen-bond acceptors (Lipinski definition) is 3. The second-order valence-electron chi connectivity index (χ2n) is 4.34. The molecule has 1 unspecified atom stereocenters. The summed E-state index contributed by atoms with van der Waals surface area (Å²) in [4.78, 5) is 14.1. The lowest BCUT2D eigenvalue weighted by atomic mass is 10.1. The van der Waals surface area contributed by atoms with Gasteiger partial charge >= 0.3 is 0 Å². The Morgan fingerprint density at radius 1 is 1.61 bits per heavy atom. The van der Waals surface area contributed by atoms with Crippen LogP contribution in [0.5, 0.6) is 11.5 Å². The van der Waals surface area contributed by atoms with Crippen LogP contribution in [-0.2, 0) is 0 Å². The average Bonchev–Trinajstić information content (AvgIpc) is 2.86. The third-order valence-corrected chi connectivity index (χ3v) is 3.60. The number of benzene rings is 1. The molecule has 0 aromatic heterocycles. The van der Waals surface area contributed by atoms with Crippen molar-refractivity contribution in [3.8, 4) is 11.5 Å². The van der Waals surface area contributed by atoms with Gasteiger partial charge in [-0.1, -0.05) is 0 Å².